The van der Waals surface area contributed by atoms with Gasteiger partial charge >= 0.3 is 11.7 Å². The molecule has 1 saturated carbocycles. The third-order valence-electron chi connectivity index (χ3n) is 4.44. The lowest BCUT2D eigenvalue weighted by molar-refractivity contribution is -0.387. The van der Waals surface area contributed by atoms with Crippen molar-refractivity contribution in [2.75, 3.05) is 5.32 Å². The monoisotopic (exact) mass is 338 g/mol. The molecule has 24 heavy (non-hydrogen) atoms. The molecule has 2 N–H and O–H groups in total. The molecule has 2 rings (SSSR count). The molecule has 8 heteroatoms. The van der Waals surface area contributed by atoms with E-state index in [9.17, 15) is 29.2 Å². The average Bonchev–Trinajstić information content (AvgIpc) is 2.75. The number of nitro groups is 1. The second kappa shape index (κ2) is 7.37. The van der Waals surface area contributed by atoms with E-state index in [0.29, 0.717) is 12.8 Å². The minimum absolute atomic E-state index is 0.0715. The largest absolute Gasteiger partial charge is 0.481 e. The van der Waals surface area contributed by atoms with Crippen LogP contribution in [0.2, 0.25) is 0 Å². The molecule has 1 aromatic carbocycles. The highest BCUT2D eigenvalue weighted by Gasteiger charge is 2.40. The quantitative estimate of drug-likeness (QED) is 0.485. The number of anilines is 1. The number of amides is 1. The number of hydrogen-bond acceptors (Lipinski definition) is 4. The van der Waals surface area contributed by atoms with Crippen LogP contribution >= 0.6 is 0 Å². The fraction of sp³-hybridized carbons (Fsp3) is 0.500. The van der Waals surface area contributed by atoms with Crippen molar-refractivity contribution in [1.82, 2.24) is 0 Å². The number of nitrogens with zero attached hydrogens (tertiary/aromatic N) is 1. The van der Waals surface area contributed by atoms with Gasteiger partial charge in [0, 0.05) is 18.2 Å². The highest BCUT2D eigenvalue weighted by molar-refractivity contribution is 5.94. The van der Waals surface area contributed by atoms with Crippen LogP contribution in [0.3, 0.4) is 0 Å². The molecule has 1 aliphatic rings. The van der Waals surface area contributed by atoms with Crippen molar-refractivity contribution in [3.63, 3.8) is 0 Å². The minimum Gasteiger partial charge on any atom is -0.481 e. The zero-order valence-corrected chi connectivity index (χ0v) is 13.1. The molecule has 0 saturated heterocycles. The predicted molar refractivity (Wildman–Crippen MR) is 84.1 cm³/mol. The van der Waals surface area contributed by atoms with Crippen LogP contribution in [-0.2, 0) is 9.59 Å². The lowest BCUT2D eigenvalue weighted by Crippen LogP contribution is -2.35. The third-order valence-corrected chi connectivity index (χ3v) is 4.44. The first kappa shape index (κ1) is 17.8. The molecule has 1 amide bonds. The smallest absolute Gasteiger partial charge is 0.310 e. The molecule has 0 aromatic heterocycles. The zero-order valence-electron chi connectivity index (χ0n) is 13.1. The predicted octanol–water partition coefficient (Wildman–Crippen LogP) is 3.49. The Morgan fingerprint density at radius 2 is 1.88 bits per heavy atom. The lowest BCUT2D eigenvalue weighted by Gasteiger charge is -2.27. The maximum Gasteiger partial charge on any atom is 0.310 e. The lowest BCUT2D eigenvalue weighted by atomic mass is 9.77. The van der Waals surface area contributed by atoms with Gasteiger partial charge in [-0.25, -0.2) is 0 Å². The van der Waals surface area contributed by atoms with Gasteiger partial charge in [-0.1, -0.05) is 25.7 Å². The number of aliphatic carboxylic acids is 1. The summed E-state index contributed by atoms with van der Waals surface area (Å²) < 4.78 is 13.3. The molecular weight excluding hydrogens is 319 g/mol. The van der Waals surface area contributed by atoms with Crippen LogP contribution in [0.1, 0.15) is 44.9 Å². The molecule has 0 bridgehead atoms. The first-order valence-corrected chi connectivity index (χ1v) is 7.81. The van der Waals surface area contributed by atoms with E-state index in [4.69, 9.17) is 0 Å². The van der Waals surface area contributed by atoms with Crippen molar-refractivity contribution >= 4 is 23.3 Å². The summed E-state index contributed by atoms with van der Waals surface area (Å²) in [4.78, 5) is 33.8. The summed E-state index contributed by atoms with van der Waals surface area (Å²) in [5, 5.41) is 22.7. The van der Waals surface area contributed by atoms with E-state index >= 15 is 0 Å². The van der Waals surface area contributed by atoms with Crippen LogP contribution in [-0.4, -0.2) is 21.9 Å². The SMILES string of the molecule is O=C(CC1(C(=O)O)CCCCCC1)Nc1ccc(F)c([N+](=O)[O-])c1. The standard InChI is InChI=1S/C16H19FN2O5/c17-12-6-5-11(9-13(12)19(23)24)18-14(20)10-16(15(21)22)7-3-1-2-4-8-16/h5-6,9H,1-4,7-8,10H2,(H,18,20)(H,21,22). The first-order valence-electron chi connectivity index (χ1n) is 7.81. The van der Waals surface area contributed by atoms with Gasteiger partial charge in [-0.15, -0.1) is 0 Å². The van der Waals surface area contributed by atoms with Crippen molar-refractivity contribution in [3.8, 4) is 0 Å². The van der Waals surface area contributed by atoms with Gasteiger partial charge in [-0.2, -0.15) is 4.39 Å². The van der Waals surface area contributed by atoms with Gasteiger partial charge in [-0.05, 0) is 25.0 Å². The van der Waals surface area contributed by atoms with Crippen LogP contribution in [0.4, 0.5) is 15.8 Å². The van der Waals surface area contributed by atoms with Crippen molar-refractivity contribution in [1.29, 1.82) is 0 Å². The van der Waals surface area contributed by atoms with Crippen LogP contribution in [0, 0.1) is 21.3 Å². The van der Waals surface area contributed by atoms with Crippen molar-refractivity contribution in [2.45, 2.75) is 44.9 Å². The molecule has 0 radical (unpaired) electrons. The summed E-state index contributed by atoms with van der Waals surface area (Å²) >= 11 is 0. The van der Waals surface area contributed by atoms with E-state index < -0.39 is 33.7 Å². The van der Waals surface area contributed by atoms with Gasteiger partial charge in [0.2, 0.25) is 11.7 Å². The number of rotatable bonds is 5. The summed E-state index contributed by atoms with van der Waals surface area (Å²) in [5.74, 6) is -2.53. The molecular formula is C16H19FN2O5. The number of hydrogen-bond donors (Lipinski definition) is 2. The van der Waals surface area contributed by atoms with Gasteiger partial charge in [0.25, 0.3) is 0 Å². The van der Waals surface area contributed by atoms with Gasteiger partial charge in [0.15, 0.2) is 0 Å². The molecule has 0 heterocycles. The average molecular weight is 338 g/mol. The Labute approximate surface area is 138 Å². The number of halogens is 1. The Bertz CT molecular complexity index is 654. The van der Waals surface area contributed by atoms with Gasteiger partial charge in [0.05, 0.1) is 10.3 Å². The number of nitro benzene ring substituents is 1. The summed E-state index contributed by atoms with van der Waals surface area (Å²) in [5.41, 5.74) is -1.77. The van der Waals surface area contributed by atoms with E-state index in [1.54, 1.807) is 0 Å². The third kappa shape index (κ3) is 4.06. The van der Waals surface area contributed by atoms with E-state index in [0.717, 1.165) is 37.8 Å². The van der Waals surface area contributed by atoms with Gasteiger partial charge in [0.1, 0.15) is 0 Å². The second-order valence-corrected chi connectivity index (χ2v) is 6.15. The second-order valence-electron chi connectivity index (χ2n) is 6.15. The molecule has 7 nitrogen and oxygen atoms in total. The number of carboxylic acid groups (broad SMARTS) is 1. The summed E-state index contributed by atoms with van der Waals surface area (Å²) in [6.45, 7) is 0. The van der Waals surface area contributed by atoms with Crippen molar-refractivity contribution in [3.05, 3.63) is 34.1 Å². The Balaban J connectivity index is 2.12. The van der Waals surface area contributed by atoms with Crippen molar-refractivity contribution in [2.24, 2.45) is 5.41 Å². The molecule has 0 spiro atoms. The van der Waals surface area contributed by atoms with E-state index in [-0.39, 0.29) is 12.1 Å². The van der Waals surface area contributed by atoms with E-state index in [1.807, 2.05) is 0 Å². The molecule has 0 atom stereocenters. The Kier molecular flexibility index (Phi) is 5.48. The normalized spacial score (nSPS) is 16.9. The Morgan fingerprint density at radius 1 is 1.25 bits per heavy atom. The van der Waals surface area contributed by atoms with Gasteiger partial charge in [-0.3, -0.25) is 19.7 Å². The topological polar surface area (TPSA) is 110 Å². The maximum atomic E-state index is 13.3. The molecule has 1 aliphatic carbocycles. The summed E-state index contributed by atoms with van der Waals surface area (Å²) in [7, 11) is 0. The van der Waals surface area contributed by atoms with Crippen LogP contribution < -0.4 is 5.32 Å². The first-order chi connectivity index (χ1) is 11.3. The molecule has 1 aromatic rings. The highest BCUT2D eigenvalue weighted by Crippen LogP contribution is 2.38. The van der Waals surface area contributed by atoms with Gasteiger partial charge < -0.3 is 10.4 Å². The summed E-state index contributed by atoms with van der Waals surface area (Å²) in [6.07, 6.45) is 4.05. The van der Waals surface area contributed by atoms with Crippen LogP contribution in [0.15, 0.2) is 18.2 Å². The minimum atomic E-state index is -1.10. The fourth-order valence-corrected chi connectivity index (χ4v) is 3.11. The molecule has 0 aliphatic heterocycles. The number of nitrogens with one attached hydrogen (secondary N) is 1. The van der Waals surface area contributed by atoms with Crippen molar-refractivity contribution < 1.29 is 24.0 Å². The number of carbonyl (C=O) groups excluding carboxylic acids is 1. The van der Waals surface area contributed by atoms with E-state index in [2.05, 4.69) is 5.32 Å². The zero-order chi connectivity index (χ0) is 17.7. The highest BCUT2D eigenvalue weighted by atomic mass is 19.1. The number of carbonyl (C=O) groups is 2. The fourth-order valence-electron chi connectivity index (χ4n) is 3.11. The number of carboxylic acids is 1. The molecule has 130 valence electrons. The van der Waals surface area contributed by atoms with Crippen LogP contribution in [0.25, 0.3) is 0 Å². The maximum absolute atomic E-state index is 13.3. The van der Waals surface area contributed by atoms with Crippen LogP contribution in [0.5, 0.6) is 0 Å². The Hall–Kier alpha value is -2.51. The number of benzene rings is 1. The van der Waals surface area contributed by atoms with E-state index in [1.165, 1.54) is 6.07 Å². The molecule has 1 fully saturated rings. The molecule has 0 unspecified atom stereocenters. The Morgan fingerprint density at radius 3 is 2.42 bits per heavy atom. The summed E-state index contributed by atoms with van der Waals surface area (Å²) in [6, 6.07) is 3.03.